The van der Waals surface area contributed by atoms with Crippen LogP contribution in [0.4, 0.5) is 4.39 Å². The molecule has 0 saturated heterocycles. The van der Waals surface area contributed by atoms with Crippen molar-refractivity contribution in [3.8, 4) is 12.3 Å². The predicted octanol–water partition coefficient (Wildman–Crippen LogP) is 3.18. The summed E-state index contributed by atoms with van der Waals surface area (Å²) in [5.41, 5.74) is -0.655. The van der Waals surface area contributed by atoms with Gasteiger partial charge >= 0.3 is 0 Å². The molecule has 1 aromatic heterocycles. The Labute approximate surface area is 202 Å². The molecule has 9 nitrogen and oxygen atoms in total. The highest BCUT2D eigenvalue weighted by Gasteiger charge is 2.29. The maximum absolute atomic E-state index is 15.0. The van der Waals surface area contributed by atoms with Crippen molar-refractivity contribution in [3.05, 3.63) is 45.3 Å². The molecule has 0 aliphatic rings. The highest BCUT2D eigenvalue weighted by molar-refractivity contribution is 7.94. The van der Waals surface area contributed by atoms with Crippen molar-refractivity contribution < 1.29 is 23.6 Å². The summed E-state index contributed by atoms with van der Waals surface area (Å²) in [6.45, 7) is 7.81. The van der Waals surface area contributed by atoms with Crippen LogP contribution in [-0.4, -0.2) is 31.9 Å². The summed E-state index contributed by atoms with van der Waals surface area (Å²) < 4.78 is 34.1. The van der Waals surface area contributed by atoms with Crippen LogP contribution in [0, 0.1) is 28.6 Å². The highest BCUT2D eigenvalue weighted by atomic mass is 32.2. The largest absolute Gasteiger partial charge is 0.393 e. The molecule has 2 aromatic rings. The van der Waals surface area contributed by atoms with Crippen LogP contribution >= 0.6 is 11.3 Å². The van der Waals surface area contributed by atoms with Crippen LogP contribution in [0.3, 0.4) is 0 Å². The number of amides is 1. The minimum atomic E-state index is -3.79. The molecule has 0 bridgehead atoms. The van der Waals surface area contributed by atoms with Crippen molar-refractivity contribution in [2.24, 2.45) is 4.36 Å². The van der Waals surface area contributed by atoms with Crippen molar-refractivity contribution in [1.29, 1.82) is 10.5 Å². The second-order valence-corrected chi connectivity index (χ2v) is 11.6. The Morgan fingerprint density at radius 2 is 2.00 bits per heavy atom. The summed E-state index contributed by atoms with van der Waals surface area (Å²) in [5, 5.41) is 38.0. The molecule has 0 spiro atoms. The van der Waals surface area contributed by atoms with E-state index in [9.17, 15) is 24.5 Å². The normalized spacial score (nSPS) is 14.7. The number of aliphatic hydroxyl groups excluding tert-OH is 1. The molecule has 12 heteroatoms. The van der Waals surface area contributed by atoms with Gasteiger partial charge in [-0.3, -0.25) is 4.79 Å². The molecule has 3 N–H and O–H groups in total. The van der Waals surface area contributed by atoms with Gasteiger partial charge in [-0.1, -0.05) is 27.7 Å². The molecule has 0 aliphatic carbocycles. The Hall–Kier alpha value is -2.90. The zero-order chi connectivity index (χ0) is 25.8. The van der Waals surface area contributed by atoms with E-state index in [1.165, 1.54) is 19.2 Å². The van der Waals surface area contributed by atoms with E-state index in [1.54, 1.807) is 13.8 Å². The third-order valence-corrected chi connectivity index (χ3v) is 8.49. The Morgan fingerprint density at radius 1 is 1.35 bits per heavy atom. The minimum absolute atomic E-state index is 0.0264. The van der Waals surface area contributed by atoms with Crippen LogP contribution in [0.25, 0.3) is 0 Å². The van der Waals surface area contributed by atoms with Crippen LogP contribution in [0.5, 0.6) is 0 Å². The van der Waals surface area contributed by atoms with Crippen molar-refractivity contribution in [1.82, 2.24) is 9.71 Å². The van der Waals surface area contributed by atoms with Gasteiger partial charge in [-0.25, -0.2) is 18.3 Å². The van der Waals surface area contributed by atoms with Gasteiger partial charge < -0.3 is 10.2 Å². The first kappa shape index (κ1) is 27.3. The van der Waals surface area contributed by atoms with E-state index in [2.05, 4.69) is 9.35 Å². The first-order valence-electron chi connectivity index (χ1n) is 10.3. The zero-order valence-corrected chi connectivity index (χ0v) is 21.1. The Morgan fingerprint density at radius 3 is 2.50 bits per heavy atom. The van der Waals surface area contributed by atoms with Crippen LogP contribution in [0.1, 0.15) is 73.7 Å². The maximum Gasteiger partial charge on any atom is 0.259 e. The summed E-state index contributed by atoms with van der Waals surface area (Å²) in [5.74, 6) is -2.07. The number of rotatable bonds is 8. The fraction of sp³-hybridized carbons (Fsp3) is 0.455. The van der Waals surface area contributed by atoms with Crippen molar-refractivity contribution in [2.45, 2.75) is 62.7 Å². The number of benzene rings is 1. The first-order chi connectivity index (χ1) is 15.8. The molecular formula is C22H26FN5O4S2. The van der Waals surface area contributed by atoms with Gasteiger partial charge in [-0.2, -0.15) is 10.5 Å². The second-order valence-electron chi connectivity index (χ2n) is 8.46. The van der Waals surface area contributed by atoms with E-state index in [-0.39, 0.29) is 32.2 Å². The molecule has 34 heavy (non-hydrogen) atoms. The number of carbonyl (C=O) groups excluding carboxylic acids is 1. The summed E-state index contributed by atoms with van der Waals surface area (Å²) >= 11 is 0.731. The number of nitrogens with zero attached hydrogens (tertiary/aromatic N) is 4. The van der Waals surface area contributed by atoms with Crippen molar-refractivity contribution >= 4 is 27.2 Å². The number of thiazole rings is 1. The number of halogens is 1. The van der Waals surface area contributed by atoms with Crippen LogP contribution in [0.15, 0.2) is 20.8 Å². The average Bonchev–Trinajstić information content (AvgIpc) is 3.25. The van der Waals surface area contributed by atoms with Crippen LogP contribution in [-0.2, 0) is 26.7 Å². The van der Waals surface area contributed by atoms with Gasteiger partial charge in [0.2, 0.25) is 0 Å². The number of hydrogen-bond donors (Lipinski definition) is 3. The van der Waals surface area contributed by atoms with Crippen molar-refractivity contribution in [2.75, 3.05) is 6.61 Å². The lowest BCUT2D eigenvalue weighted by atomic mass is 9.85. The Balaban J connectivity index is 2.63. The van der Waals surface area contributed by atoms with E-state index in [1.807, 2.05) is 24.6 Å². The Kier molecular flexibility index (Phi) is 8.50. The third-order valence-electron chi connectivity index (χ3n) is 5.03. The van der Waals surface area contributed by atoms with Gasteiger partial charge in [0.1, 0.15) is 26.7 Å². The zero-order valence-electron chi connectivity index (χ0n) is 19.4. The summed E-state index contributed by atoms with van der Waals surface area (Å²) in [7, 11) is -3.79. The molecule has 0 saturated carbocycles. The maximum atomic E-state index is 15.0. The van der Waals surface area contributed by atoms with Crippen molar-refractivity contribution in [3.63, 3.8) is 0 Å². The molecule has 1 aromatic carbocycles. The Bertz CT molecular complexity index is 1300. The predicted molar refractivity (Wildman–Crippen MR) is 124 cm³/mol. The number of aliphatic hydroxyl groups is 2. The number of aromatic nitrogens is 1. The lowest BCUT2D eigenvalue weighted by molar-refractivity contribution is -0.117. The molecule has 182 valence electrons. The first-order valence-corrected chi connectivity index (χ1v) is 12.6. The molecule has 2 rings (SSSR count). The summed E-state index contributed by atoms with van der Waals surface area (Å²) in [6, 6.07) is 3.25. The fourth-order valence-corrected chi connectivity index (χ4v) is 5.86. The second kappa shape index (κ2) is 10.6. The van der Waals surface area contributed by atoms with Gasteiger partial charge in [0.05, 0.1) is 24.8 Å². The topological polar surface area (TPSA) is 159 Å². The molecule has 0 aliphatic heterocycles. The third kappa shape index (κ3) is 5.59. The lowest BCUT2D eigenvalue weighted by Gasteiger charge is -2.20. The molecule has 2 atom stereocenters. The number of nitrogens with one attached hydrogen (secondary N) is 1. The number of carbonyl (C=O) groups is 1. The summed E-state index contributed by atoms with van der Waals surface area (Å²) in [6.07, 6.45) is 2.23. The average molecular weight is 508 g/mol. The molecule has 1 heterocycles. The fourth-order valence-electron chi connectivity index (χ4n) is 3.35. The lowest BCUT2D eigenvalue weighted by Crippen LogP contribution is -2.25. The van der Waals surface area contributed by atoms with Gasteiger partial charge in [-0.15, -0.1) is 15.7 Å². The highest BCUT2D eigenvalue weighted by Crippen LogP contribution is 2.33. The minimum Gasteiger partial charge on any atom is -0.393 e. The quantitative estimate of drug-likeness (QED) is 0.365. The monoisotopic (exact) mass is 507 g/mol. The molecule has 0 radical (unpaired) electrons. The molecule has 2 unspecified atom stereocenters. The number of hydrogen-bond acceptors (Lipinski definition) is 8. The van der Waals surface area contributed by atoms with Crippen LogP contribution in [0.2, 0.25) is 0 Å². The molecular weight excluding hydrogens is 481 g/mol. The van der Waals surface area contributed by atoms with E-state index in [0.29, 0.717) is 11.1 Å². The van der Waals surface area contributed by atoms with Crippen LogP contribution < -0.4 is 4.72 Å². The molecule has 0 fully saturated rings. The smallest absolute Gasteiger partial charge is 0.259 e. The van der Waals surface area contributed by atoms with Gasteiger partial charge in [-0.05, 0) is 41.5 Å². The van der Waals surface area contributed by atoms with Gasteiger partial charge in [0, 0.05) is 0 Å². The summed E-state index contributed by atoms with van der Waals surface area (Å²) in [4.78, 5) is 16.9. The SMILES string of the molecule is CC(C)c1cc(C#N)c(F)c(C(C)C)c1CC(=O)N=S(=O)(NC#N)c1cnc(C(C)(O)CO)s1. The van der Waals surface area contributed by atoms with Gasteiger partial charge in [0.15, 0.2) is 16.1 Å². The molecule has 1 amide bonds. The van der Waals surface area contributed by atoms with E-state index in [0.717, 1.165) is 17.5 Å². The van der Waals surface area contributed by atoms with E-state index < -0.39 is 40.3 Å². The van der Waals surface area contributed by atoms with E-state index >= 15 is 4.39 Å². The van der Waals surface area contributed by atoms with Gasteiger partial charge in [0.25, 0.3) is 5.91 Å². The standard InChI is InChI=1S/C22H26FN5O4S2/c1-12(2)15-6-14(8-24)20(23)19(13(3)4)16(15)7-17(30)28-34(32,27-11-25)18-9-26-21(33-18)22(5,31)10-29/h6,9,12-13,29,31H,7,10H2,1-5H3,(H,27,28,30,32). The number of nitriles is 2. The van der Waals surface area contributed by atoms with E-state index in [4.69, 9.17) is 5.26 Å².